The number of benzene rings is 1. The molecule has 2 aliphatic rings. The molecule has 140 valence electrons. The number of sulfonamides is 2. The van der Waals surface area contributed by atoms with Gasteiger partial charge < -0.3 is 4.74 Å². The molecule has 2 aliphatic heterocycles. The Hall–Kier alpha value is -1.00. The van der Waals surface area contributed by atoms with Crippen LogP contribution in [-0.4, -0.2) is 64.3 Å². The second-order valence-electron chi connectivity index (χ2n) is 6.45. The van der Waals surface area contributed by atoms with Crippen LogP contribution in [0.2, 0.25) is 0 Å². The van der Waals surface area contributed by atoms with Gasteiger partial charge in [-0.25, -0.2) is 16.8 Å². The van der Waals surface area contributed by atoms with E-state index in [1.54, 1.807) is 0 Å². The molecule has 2 saturated heterocycles. The molecule has 0 unspecified atom stereocenters. The topological polar surface area (TPSA) is 84.0 Å². The molecule has 0 aliphatic carbocycles. The van der Waals surface area contributed by atoms with Crippen LogP contribution in [0.1, 0.15) is 26.2 Å². The van der Waals surface area contributed by atoms with Crippen LogP contribution in [0.15, 0.2) is 34.1 Å². The van der Waals surface area contributed by atoms with E-state index in [4.69, 9.17) is 4.74 Å². The second-order valence-corrected chi connectivity index (χ2v) is 10.3. The molecule has 25 heavy (non-hydrogen) atoms. The highest BCUT2D eigenvalue weighted by Crippen LogP contribution is 2.27. The van der Waals surface area contributed by atoms with Gasteiger partial charge in [0, 0.05) is 25.7 Å². The lowest BCUT2D eigenvalue weighted by Gasteiger charge is -2.32. The molecule has 0 aromatic heterocycles. The fourth-order valence-electron chi connectivity index (χ4n) is 3.30. The number of hydrogen-bond donors (Lipinski definition) is 0. The van der Waals surface area contributed by atoms with Crippen LogP contribution in [0.5, 0.6) is 0 Å². The first-order valence-corrected chi connectivity index (χ1v) is 11.4. The zero-order chi connectivity index (χ0) is 18.1. The Labute approximate surface area is 149 Å². The molecule has 1 aromatic carbocycles. The molecule has 0 saturated carbocycles. The Morgan fingerprint density at radius 2 is 1.60 bits per heavy atom. The zero-order valence-electron chi connectivity index (χ0n) is 14.3. The number of nitrogens with zero attached hydrogens (tertiary/aromatic N) is 2. The lowest BCUT2D eigenvalue weighted by atomic mass is 10.1. The number of piperidine rings is 1. The highest BCUT2D eigenvalue weighted by atomic mass is 32.2. The van der Waals surface area contributed by atoms with Gasteiger partial charge in [-0.1, -0.05) is 12.5 Å². The molecule has 7 nitrogen and oxygen atoms in total. The van der Waals surface area contributed by atoms with Gasteiger partial charge in [0.05, 0.1) is 23.0 Å². The van der Waals surface area contributed by atoms with E-state index in [0.717, 1.165) is 19.3 Å². The van der Waals surface area contributed by atoms with Crippen LogP contribution in [-0.2, 0) is 24.8 Å². The van der Waals surface area contributed by atoms with E-state index in [0.29, 0.717) is 19.8 Å². The molecule has 0 spiro atoms. The first-order valence-electron chi connectivity index (χ1n) is 8.53. The van der Waals surface area contributed by atoms with Gasteiger partial charge in [0.15, 0.2) is 0 Å². The van der Waals surface area contributed by atoms with Gasteiger partial charge in [-0.15, -0.1) is 0 Å². The Kier molecular flexibility index (Phi) is 5.50. The van der Waals surface area contributed by atoms with Crippen molar-refractivity contribution in [3.63, 3.8) is 0 Å². The van der Waals surface area contributed by atoms with Crippen LogP contribution in [0.4, 0.5) is 0 Å². The van der Waals surface area contributed by atoms with Crippen molar-refractivity contribution < 1.29 is 21.6 Å². The first-order chi connectivity index (χ1) is 11.8. The predicted octanol–water partition coefficient (Wildman–Crippen LogP) is 1.27. The standard InChI is InChI=1S/C16H24N2O5S2/c1-14-5-2-3-8-18(14)25(21,22)16-7-4-6-15(13-16)24(19,20)17-9-11-23-12-10-17/h4,6-7,13-14H,2-3,5,8-12H2,1H3/t14-/m0/s1. The molecule has 3 rings (SSSR count). The second kappa shape index (κ2) is 7.32. The minimum Gasteiger partial charge on any atom is -0.379 e. The Morgan fingerprint density at radius 3 is 2.24 bits per heavy atom. The molecule has 2 heterocycles. The third-order valence-corrected chi connectivity index (χ3v) is 8.67. The summed E-state index contributed by atoms with van der Waals surface area (Å²) in [7, 11) is -7.42. The number of ether oxygens (including phenoxy) is 1. The monoisotopic (exact) mass is 388 g/mol. The van der Waals surface area contributed by atoms with Gasteiger partial charge in [0.2, 0.25) is 20.0 Å². The first kappa shape index (κ1) is 18.8. The predicted molar refractivity (Wildman–Crippen MR) is 93.2 cm³/mol. The maximum atomic E-state index is 13.0. The highest BCUT2D eigenvalue weighted by molar-refractivity contribution is 7.90. The van der Waals surface area contributed by atoms with E-state index in [1.165, 1.54) is 32.9 Å². The Bertz CT molecular complexity index is 817. The summed E-state index contributed by atoms with van der Waals surface area (Å²) < 4.78 is 59.5. The molecule has 0 amide bonds. The summed E-state index contributed by atoms with van der Waals surface area (Å²) in [6.45, 7) is 3.63. The maximum absolute atomic E-state index is 13.0. The van der Waals surface area contributed by atoms with Gasteiger partial charge in [0.25, 0.3) is 0 Å². The lowest BCUT2D eigenvalue weighted by molar-refractivity contribution is 0.0730. The van der Waals surface area contributed by atoms with Crippen LogP contribution in [0.3, 0.4) is 0 Å². The molecular formula is C16H24N2O5S2. The molecule has 2 fully saturated rings. The summed E-state index contributed by atoms with van der Waals surface area (Å²) in [5, 5.41) is 0. The zero-order valence-corrected chi connectivity index (χ0v) is 15.9. The average molecular weight is 389 g/mol. The van der Waals surface area contributed by atoms with Crippen LogP contribution < -0.4 is 0 Å². The molecule has 0 bridgehead atoms. The van der Waals surface area contributed by atoms with E-state index in [1.807, 2.05) is 6.92 Å². The van der Waals surface area contributed by atoms with Gasteiger partial charge in [-0.05, 0) is 38.0 Å². The van der Waals surface area contributed by atoms with E-state index in [-0.39, 0.29) is 28.9 Å². The number of hydrogen-bond acceptors (Lipinski definition) is 5. The van der Waals surface area contributed by atoms with Crippen molar-refractivity contribution in [1.82, 2.24) is 8.61 Å². The summed E-state index contributed by atoms with van der Waals surface area (Å²) in [6, 6.07) is 5.62. The van der Waals surface area contributed by atoms with Crippen molar-refractivity contribution in [2.75, 3.05) is 32.8 Å². The normalized spacial score (nSPS) is 24.3. The van der Waals surface area contributed by atoms with E-state index < -0.39 is 20.0 Å². The van der Waals surface area contributed by atoms with Gasteiger partial charge in [-0.2, -0.15) is 8.61 Å². The Morgan fingerprint density at radius 1 is 0.960 bits per heavy atom. The largest absolute Gasteiger partial charge is 0.379 e. The highest BCUT2D eigenvalue weighted by Gasteiger charge is 2.33. The van der Waals surface area contributed by atoms with Crippen molar-refractivity contribution in [2.24, 2.45) is 0 Å². The fourth-order valence-corrected chi connectivity index (χ4v) is 6.57. The van der Waals surface area contributed by atoms with E-state index in [2.05, 4.69) is 0 Å². The molecule has 1 atom stereocenters. The summed E-state index contributed by atoms with van der Waals surface area (Å²) in [4.78, 5) is 0.0516. The van der Waals surface area contributed by atoms with E-state index in [9.17, 15) is 16.8 Å². The summed E-state index contributed by atoms with van der Waals surface area (Å²) in [6.07, 6.45) is 2.67. The smallest absolute Gasteiger partial charge is 0.243 e. The number of morpholine rings is 1. The van der Waals surface area contributed by atoms with Crippen molar-refractivity contribution in [3.05, 3.63) is 24.3 Å². The average Bonchev–Trinajstić information content (AvgIpc) is 2.63. The van der Waals surface area contributed by atoms with Crippen LogP contribution >= 0.6 is 0 Å². The molecule has 9 heteroatoms. The summed E-state index contributed by atoms with van der Waals surface area (Å²) >= 11 is 0. The van der Waals surface area contributed by atoms with Gasteiger partial charge in [0.1, 0.15) is 0 Å². The lowest BCUT2D eigenvalue weighted by Crippen LogP contribution is -2.42. The summed E-state index contributed by atoms with van der Waals surface area (Å²) in [5.74, 6) is 0. The molecule has 1 aromatic rings. The quantitative estimate of drug-likeness (QED) is 0.776. The molecular weight excluding hydrogens is 364 g/mol. The maximum Gasteiger partial charge on any atom is 0.243 e. The van der Waals surface area contributed by atoms with Crippen LogP contribution in [0, 0.1) is 0 Å². The molecule has 0 N–H and O–H groups in total. The Balaban J connectivity index is 1.93. The summed E-state index contributed by atoms with van der Waals surface area (Å²) in [5.41, 5.74) is 0. The minimum atomic E-state index is -3.72. The third kappa shape index (κ3) is 3.75. The van der Waals surface area contributed by atoms with Gasteiger partial charge >= 0.3 is 0 Å². The third-order valence-electron chi connectivity index (χ3n) is 4.76. The SMILES string of the molecule is C[C@H]1CCCCN1S(=O)(=O)c1cccc(S(=O)(=O)N2CCOCC2)c1. The van der Waals surface area contributed by atoms with Gasteiger partial charge in [-0.3, -0.25) is 0 Å². The van der Waals surface area contributed by atoms with E-state index >= 15 is 0 Å². The van der Waals surface area contributed by atoms with Crippen molar-refractivity contribution >= 4 is 20.0 Å². The van der Waals surface area contributed by atoms with Crippen molar-refractivity contribution in [3.8, 4) is 0 Å². The molecule has 0 radical (unpaired) electrons. The minimum absolute atomic E-state index is 0.0140. The number of rotatable bonds is 4. The van der Waals surface area contributed by atoms with Crippen molar-refractivity contribution in [2.45, 2.75) is 42.0 Å². The van der Waals surface area contributed by atoms with Crippen LogP contribution in [0.25, 0.3) is 0 Å². The van der Waals surface area contributed by atoms with Crippen molar-refractivity contribution in [1.29, 1.82) is 0 Å². The fraction of sp³-hybridized carbons (Fsp3) is 0.625.